The van der Waals surface area contributed by atoms with Crippen molar-refractivity contribution in [1.82, 2.24) is 19.9 Å². The van der Waals surface area contributed by atoms with Gasteiger partial charge in [-0.1, -0.05) is 141 Å². The van der Waals surface area contributed by atoms with Gasteiger partial charge in [-0.15, -0.1) is 0 Å². The summed E-state index contributed by atoms with van der Waals surface area (Å²) in [6, 6.07) is 55.9. The molecule has 0 aliphatic heterocycles. The van der Waals surface area contributed by atoms with E-state index >= 15 is 0 Å². The zero-order valence-electron chi connectivity index (χ0n) is 29.5. The molecular formula is C49H34N4. The van der Waals surface area contributed by atoms with Crippen LogP contribution in [-0.2, 0) is 5.41 Å². The number of fused-ring (bicyclic) bond motifs is 5. The molecule has 0 saturated heterocycles. The molecule has 4 nitrogen and oxygen atoms in total. The lowest BCUT2D eigenvalue weighted by Crippen LogP contribution is -2.15. The summed E-state index contributed by atoms with van der Waals surface area (Å²) in [5, 5.41) is 4.52. The van der Waals surface area contributed by atoms with Gasteiger partial charge in [-0.3, -0.25) is 4.98 Å². The fraction of sp³-hybridized carbons (Fsp3) is 0.0612. The summed E-state index contributed by atoms with van der Waals surface area (Å²) in [7, 11) is 0. The molecule has 250 valence electrons. The van der Waals surface area contributed by atoms with E-state index in [1.807, 2.05) is 12.3 Å². The maximum absolute atomic E-state index is 5.25. The summed E-state index contributed by atoms with van der Waals surface area (Å²) in [6.45, 7) is 4.61. The minimum absolute atomic E-state index is 0.142. The van der Waals surface area contributed by atoms with Crippen LogP contribution in [0.25, 0.3) is 89.1 Å². The smallest absolute Gasteiger partial charge is 0.164 e. The molecule has 0 saturated carbocycles. The number of hydrogen-bond donors (Lipinski definition) is 0. The Hall–Kier alpha value is -6.78. The summed E-state index contributed by atoms with van der Waals surface area (Å²) in [5.41, 5.74) is 12.5. The van der Waals surface area contributed by atoms with Crippen molar-refractivity contribution >= 4 is 21.5 Å². The molecule has 0 amide bonds. The number of pyridine rings is 1. The van der Waals surface area contributed by atoms with Gasteiger partial charge < -0.3 is 0 Å². The van der Waals surface area contributed by atoms with Gasteiger partial charge in [-0.05, 0) is 90.8 Å². The van der Waals surface area contributed by atoms with Crippen LogP contribution >= 0.6 is 0 Å². The van der Waals surface area contributed by atoms with Crippen molar-refractivity contribution in [3.8, 4) is 67.5 Å². The number of nitrogens with zero attached hydrogens (tertiary/aromatic N) is 4. The predicted octanol–water partition coefficient (Wildman–Crippen LogP) is 12.2. The lowest BCUT2D eigenvalue weighted by Gasteiger charge is -2.21. The van der Waals surface area contributed by atoms with Crippen molar-refractivity contribution in [3.63, 3.8) is 0 Å². The molecule has 0 bridgehead atoms. The number of aromatic nitrogens is 4. The first-order chi connectivity index (χ1) is 26.0. The average Bonchev–Trinajstić information content (AvgIpc) is 3.45. The molecule has 2 heterocycles. The summed E-state index contributed by atoms with van der Waals surface area (Å²) in [5.74, 6) is 1.95. The van der Waals surface area contributed by atoms with Gasteiger partial charge in [0.1, 0.15) is 0 Å². The zero-order valence-corrected chi connectivity index (χ0v) is 29.5. The van der Waals surface area contributed by atoms with Crippen molar-refractivity contribution in [2.75, 3.05) is 0 Å². The van der Waals surface area contributed by atoms with E-state index in [4.69, 9.17) is 15.0 Å². The lowest BCUT2D eigenvalue weighted by molar-refractivity contribution is 0.660. The van der Waals surface area contributed by atoms with Crippen molar-refractivity contribution < 1.29 is 0 Å². The first-order valence-corrected chi connectivity index (χ1v) is 18.0. The third kappa shape index (κ3) is 5.22. The molecule has 0 fully saturated rings. The van der Waals surface area contributed by atoms with Crippen LogP contribution in [0.3, 0.4) is 0 Å². The second-order valence-electron chi connectivity index (χ2n) is 14.3. The molecule has 0 spiro atoms. The van der Waals surface area contributed by atoms with Crippen molar-refractivity contribution in [2.45, 2.75) is 19.3 Å². The lowest BCUT2D eigenvalue weighted by atomic mass is 9.82. The van der Waals surface area contributed by atoms with Gasteiger partial charge in [0, 0.05) is 40.1 Å². The van der Waals surface area contributed by atoms with Crippen molar-refractivity contribution in [2.24, 2.45) is 0 Å². The maximum Gasteiger partial charge on any atom is 0.164 e. The average molecular weight is 679 g/mol. The van der Waals surface area contributed by atoms with E-state index < -0.39 is 0 Å². The van der Waals surface area contributed by atoms with Gasteiger partial charge in [0.15, 0.2) is 17.5 Å². The molecule has 2 aromatic heterocycles. The van der Waals surface area contributed by atoms with Gasteiger partial charge in [0.25, 0.3) is 0 Å². The first kappa shape index (κ1) is 31.0. The highest BCUT2D eigenvalue weighted by Gasteiger charge is 2.35. The maximum atomic E-state index is 5.25. The Bertz CT molecular complexity index is 2860. The minimum atomic E-state index is -0.142. The highest BCUT2D eigenvalue weighted by molar-refractivity contribution is 6.04. The SMILES string of the molecule is CC1(C)c2ccccc2-c2ccc(-c3nc(-c4ccc5cc(-c6cccnc6)ccc5c4)nc(-c4ccc(-c5ccccc5)c5ccccc45)n3)cc21. The predicted molar refractivity (Wildman–Crippen MR) is 217 cm³/mol. The molecule has 10 rings (SSSR count). The Morgan fingerprint density at radius 2 is 0.943 bits per heavy atom. The van der Waals surface area contributed by atoms with E-state index in [0.717, 1.165) is 49.4 Å². The summed E-state index contributed by atoms with van der Waals surface area (Å²) in [4.78, 5) is 20.0. The molecule has 7 aromatic carbocycles. The van der Waals surface area contributed by atoms with Crippen LogP contribution in [0.2, 0.25) is 0 Å². The standard InChI is InChI=1S/C49H34N4/c1-49(2)44-17-9-8-16-41(44)42-23-22-36(29-45(42)49)47-51-46(35-21-20-32-27-34(19-18-33(32)28-35)37-13-10-26-50-30-37)52-48(53-47)43-25-24-38(31-11-4-3-5-12-31)39-14-6-7-15-40(39)43/h3-30H,1-2H3. The van der Waals surface area contributed by atoms with Gasteiger partial charge in [0.2, 0.25) is 0 Å². The van der Waals surface area contributed by atoms with Crippen LogP contribution in [0, 0.1) is 0 Å². The van der Waals surface area contributed by atoms with Crippen LogP contribution in [-0.4, -0.2) is 19.9 Å². The van der Waals surface area contributed by atoms with E-state index in [1.165, 1.54) is 33.4 Å². The molecule has 53 heavy (non-hydrogen) atoms. The second kappa shape index (κ2) is 12.2. The Balaban J connectivity index is 1.16. The summed E-state index contributed by atoms with van der Waals surface area (Å²) >= 11 is 0. The second-order valence-corrected chi connectivity index (χ2v) is 14.3. The molecule has 0 unspecified atom stereocenters. The van der Waals surface area contributed by atoms with Crippen LogP contribution < -0.4 is 0 Å². The summed E-state index contributed by atoms with van der Waals surface area (Å²) in [6.07, 6.45) is 3.70. The van der Waals surface area contributed by atoms with Crippen LogP contribution in [0.1, 0.15) is 25.0 Å². The fourth-order valence-corrected chi connectivity index (χ4v) is 8.06. The van der Waals surface area contributed by atoms with E-state index in [-0.39, 0.29) is 5.41 Å². The molecule has 1 aliphatic carbocycles. The third-order valence-corrected chi connectivity index (χ3v) is 10.8. The Labute approximate surface area is 308 Å². The number of rotatable bonds is 5. The molecule has 9 aromatic rings. The third-order valence-electron chi connectivity index (χ3n) is 10.8. The van der Waals surface area contributed by atoms with Crippen LogP contribution in [0.4, 0.5) is 0 Å². The Morgan fingerprint density at radius 3 is 1.72 bits per heavy atom. The monoisotopic (exact) mass is 678 g/mol. The minimum Gasteiger partial charge on any atom is -0.264 e. The number of hydrogen-bond acceptors (Lipinski definition) is 4. The van der Waals surface area contributed by atoms with E-state index in [2.05, 4.69) is 170 Å². The highest BCUT2D eigenvalue weighted by atomic mass is 15.0. The van der Waals surface area contributed by atoms with Gasteiger partial charge in [-0.2, -0.15) is 0 Å². The molecule has 1 aliphatic rings. The Morgan fingerprint density at radius 1 is 0.377 bits per heavy atom. The quantitative estimate of drug-likeness (QED) is 0.182. The van der Waals surface area contributed by atoms with Crippen molar-refractivity contribution in [3.05, 3.63) is 181 Å². The molecular weight excluding hydrogens is 645 g/mol. The van der Waals surface area contributed by atoms with Gasteiger partial charge in [0.05, 0.1) is 0 Å². The number of benzene rings is 7. The fourth-order valence-electron chi connectivity index (χ4n) is 8.06. The molecule has 0 atom stereocenters. The molecule has 4 heteroatoms. The Kier molecular flexibility index (Phi) is 7.12. The van der Waals surface area contributed by atoms with Crippen LogP contribution in [0.5, 0.6) is 0 Å². The normalized spacial score (nSPS) is 12.9. The van der Waals surface area contributed by atoms with Crippen molar-refractivity contribution in [1.29, 1.82) is 0 Å². The van der Waals surface area contributed by atoms with E-state index in [1.54, 1.807) is 6.20 Å². The molecule has 0 N–H and O–H groups in total. The highest BCUT2D eigenvalue weighted by Crippen LogP contribution is 2.49. The first-order valence-electron chi connectivity index (χ1n) is 18.0. The van der Waals surface area contributed by atoms with Gasteiger partial charge >= 0.3 is 0 Å². The largest absolute Gasteiger partial charge is 0.264 e. The van der Waals surface area contributed by atoms with Crippen LogP contribution in [0.15, 0.2) is 170 Å². The van der Waals surface area contributed by atoms with E-state index in [9.17, 15) is 0 Å². The molecule has 0 radical (unpaired) electrons. The summed E-state index contributed by atoms with van der Waals surface area (Å²) < 4.78 is 0. The topological polar surface area (TPSA) is 51.6 Å². The zero-order chi connectivity index (χ0) is 35.5. The van der Waals surface area contributed by atoms with Gasteiger partial charge in [-0.25, -0.2) is 15.0 Å². The van der Waals surface area contributed by atoms with E-state index in [0.29, 0.717) is 17.5 Å².